The molecule has 1 heterocycles. The Labute approximate surface area is 83.3 Å². The van der Waals surface area contributed by atoms with E-state index in [9.17, 15) is 10.1 Å². The second-order valence-corrected chi connectivity index (χ2v) is 3.57. The topological polar surface area (TPSA) is 62.0 Å². The molecule has 1 atom stereocenters. The molecule has 0 radical (unpaired) electrons. The molecule has 0 saturated carbocycles. The Bertz CT molecular complexity index is 241. The predicted octanol–water partition coefficient (Wildman–Crippen LogP) is 0.926. The summed E-state index contributed by atoms with van der Waals surface area (Å²) in [6.07, 6.45) is 1.58. The molecule has 0 saturated heterocycles. The van der Waals surface area contributed by atoms with Crippen LogP contribution in [0.3, 0.4) is 0 Å². The molecule has 0 aromatic heterocycles. The van der Waals surface area contributed by atoms with Gasteiger partial charge in [0, 0.05) is 12.6 Å². The van der Waals surface area contributed by atoms with Crippen molar-refractivity contribution in [3.05, 3.63) is 10.1 Å². The fraction of sp³-hybridized carbons (Fsp3) is 0.875. The highest BCUT2D eigenvalue weighted by atomic mass is 16.6. The van der Waals surface area contributed by atoms with Crippen molar-refractivity contribution in [3.63, 3.8) is 0 Å². The Kier molecular flexibility index (Phi) is 3.27. The van der Waals surface area contributed by atoms with Gasteiger partial charge in [0.1, 0.15) is 6.34 Å². The molecule has 0 aliphatic carbocycles. The van der Waals surface area contributed by atoms with Crippen LogP contribution in [0.5, 0.6) is 0 Å². The second kappa shape index (κ2) is 4.26. The van der Waals surface area contributed by atoms with E-state index in [-0.39, 0.29) is 11.0 Å². The van der Waals surface area contributed by atoms with Crippen molar-refractivity contribution >= 4 is 6.34 Å². The molecule has 14 heavy (non-hydrogen) atoms. The molecule has 0 fully saturated rings. The normalized spacial score (nSPS) is 21.0. The lowest BCUT2D eigenvalue weighted by atomic mass is 10.3. The van der Waals surface area contributed by atoms with E-state index in [0.29, 0.717) is 6.54 Å². The highest BCUT2D eigenvalue weighted by molar-refractivity contribution is 5.57. The van der Waals surface area contributed by atoms with Gasteiger partial charge in [0.25, 0.3) is 0 Å². The van der Waals surface area contributed by atoms with Crippen molar-refractivity contribution in [2.24, 2.45) is 5.10 Å². The SMILES string of the molecule is CCCN1N=CN(C(C)C)C1[N+](=O)[O-]. The Balaban J connectivity index is 2.74. The number of rotatable bonds is 4. The predicted molar refractivity (Wildman–Crippen MR) is 53.2 cm³/mol. The zero-order valence-corrected chi connectivity index (χ0v) is 8.75. The number of hydrazone groups is 1. The van der Waals surface area contributed by atoms with Crippen molar-refractivity contribution in [3.8, 4) is 0 Å². The van der Waals surface area contributed by atoms with Crippen LogP contribution in [0.15, 0.2) is 5.10 Å². The molecule has 1 aliphatic rings. The van der Waals surface area contributed by atoms with Crippen LogP contribution >= 0.6 is 0 Å². The molecule has 1 unspecified atom stereocenters. The Morgan fingerprint density at radius 1 is 1.64 bits per heavy atom. The average Bonchev–Trinajstić information content (AvgIpc) is 2.48. The van der Waals surface area contributed by atoms with Gasteiger partial charge in [-0.15, -0.1) is 0 Å². The lowest BCUT2D eigenvalue weighted by Gasteiger charge is -2.25. The maximum atomic E-state index is 10.8. The van der Waals surface area contributed by atoms with E-state index in [1.807, 2.05) is 20.8 Å². The third-order valence-electron chi connectivity index (χ3n) is 2.10. The summed E-state index contributed by atoms with van der Waals surface area (Å²) in [4.78, 5) is 12.2. The Hall–Kier alpha value is -1.33. The van der Waals surface area contributed by atoms with Gasteiger partial charge in [-0.25, -0.2) is 5.01 Å². The lowest BCUT2D eigenvalue weighted by Crippen LogP contribution is -2.48. The molecule has 0 aromatic carbocycles. The summed E-state index contributed by atoms with van der Waals surface area (Å²) < 4.78 is 0. The lowest BCUT2D eigenvalue weighted by molar-refractivity contribution is -0.572. The molecule has 0 bridgehead atoms. The van der Waals surface area contributed by atoms with E-state index in [1.165, 1.54) is 5.01 Å². The minimum absolute atomic E-state index is 0.0935. The highest BCUT2D eigenvalue weighted by Crippen LogP contribution is 2.15. The van der Waals surface area contributed by atoms with Gasteiger partial charge < -0.3 is 0 Å². The Morgan fingerprint density at radius 2 is 2.29 bits per heavy atom. The quantitative estimate of drug-likeness (QED) is 0.500. The fourth-order valence-electron chi connectivity index (χ4n) is 1.42. The van der Waals surface area contributed by atoms with Crippen LogP contribution < -0.4 is 0 Å². The Morgan fingerprint density at radius 3 is 2.71 bits per heavy atom. The zero-order chi connectivity index (χ0) is 10.7. The second-order valence-electron chi connectivity index (χ2n) is 3.57. The van der Waals surface area contributed by atoms with Gasteiger partial charge >= 0.3 is 6.29 Å². The number of hydrogen-bond acceptors (Lipinski definition) is 5. The first-order chi connectivity index (χ1) is 6.57. The van der Waals surface area contributed by atoms with Crippen LogP contribution in [0.2, 0.25) is 0 Å². The highest BCUT2D eigenvalue weighted by Gasteiger charge is 2.38. The number of hydrogen-bond donors (Lipinski definition) is 0. The van der Waals surface area contributed by atoms with Crippen molar-refractivity contribution < 1.29 is 4.92 Å². The van der Waals surface area contributed by atoms with Crippen LogP contribution in [0, 0.1) is 10.1 Å². The molecule has 1 aliphatic heterocycles. The van der Waals surface area contributed by atoms with Crippen LogP contribution in [-0.2, 0) is 0 Å². The molecule has 0 aromatic rings. The molecular weight excluding hydrogens is 184 g/mol. The van der Waals surface area contributed by atoms with Crippen LogP contribution in [0.4, 0.5) is 0 Å². The summed E-state index contributed by atoms with van der Waals surface area (Å²) in [5.74, 6) is 0. The summed E-state index contributed by atoms with van der Waals surface area (Å²) in [5.41, 5.74) is 0. The largest absolute Gasteiger partial charge is 0.384 e. The molecule has 0 N–H and O–H groups in total. The van der Waals surface area contributed by atoms with Gasteiger partial charge in [0.15, 0.2) is 0 Å². The van der Waals surface area contributed by atoms with Crippen LogP contribution in [-0.4, -0.2) is 40.0 Å². The van der Waals surface area contributed by atoms with E-state index in [2.05, 4.69) is 5.10 Å². The monoisotopic (exact) mass is 200 g/mol. The third-order valence-corrected chi connectivity index (χ3v) is 2.10. The smallest absolute Gasteiger partial charge is 0.276 e. The van der Waals surface area contributed by atoms with Gasteiger partial charge in [-0.1, -0.05) is 6.92 Å². The molecule has 6 heteroatoms. The minimum Gasteiger partial charge on any atom is -0.276 e. The van der Waals surface area contributed by atoms with Gasteiger partial charge in [-0.3, -0.25) is 15.0 Å². The standard InChI is InChI=1S/C8H16N4O2/c1-4-5-11-8(12(13)14)10(6-9-11)7(2)3/h6-8H,4-5H2,1-3H3. The maximum absolute atomic E-state index is 10.8. The van der Waals surface area contributed by atoms with Gasteiger partial charge in [-0.05, 0) is 20.3 Å². The third kappa shape index (κ3) is 1.94. The van der Waals surface area contributed by atoms with Crippen molar-refractivity contribution in [1.82, 2.24) is 9.91 Å². The van der Waals surface area contributed by atoms with Gasteiger partial charge in [0.05, 0.1) is 4.92 Å². The maximum Gasteiger partial charge on any atom is 0.384 e. The van der Waals surface area contributed by atoms with E-state index in [0.717, 1.165) is 6.42 Å². The van der Waals surface area contributed by atoms with Crippen molar-refractivity contribution in [1.29, 1.82) is 0 Å². The van der Waals surface area contributed by atoms with E-state index in [1.54, 1.807) is 11.2 Å². The molecule has 80 valence electrons. The van der Waals surface area contributed by atoms with E-state index < -0.39 is 6.29 Å². The first-order valence-corrected chi connectivity index (χ1v) is 4.79. The summed E-state index contributed by atoms with van der Waals surface area (Å²) in [5, 5.41) is 16.4. The van der Waals surface area contributed by atoms with E-state index >= 15 is 0 Å². The summed E-state index contributed by atoms with van der Waals surface area (Å²) in [7, 11) is 0. The molecule has 1 rings (SSSR count). The first kappa shape index (κ1) is 10.7. The minimum atomic E-state index is -0.824. The van der Waals surface area contributed by atoms with Crippen molar-refractivity contribution in [2.45, 2.75) is 39.5 Å². The molecular formula is C8H16N4O2. The number of nitrogens with zero attached hydrogens (tertiary/aromatic N) is 4. The van der Waals surface area contributed by atoms with Crippen LogP contribution in [0.25, 0.3) is 0 Å². The van der Waals surface area contributed by atoms with Crippen molar-refractivity contribution in [2.75, 3.05) is 6.54 Å². The zero-order valence-electron chi connectivity index (χ0n) is 8.75. The molecule has 0 spiro atoms. The van der Waals surface area contributed by atoms with Gasteiger partial charge in [-0.2, -0.15) is 5.10 Å². The molecule has 0 amide bonds. The van der Waals surface area contributed by atoms with E-state index in [4.69, 9.17) is 0 Å². The fourth-order valence-corrected chi connectivity index (χ4v) is 1.42. The molecule has 6 nitrogen and oxygen atoms in total. The first-order valence-electron chi connectivity index (χ1n) is 4.79. The average molecular weight is 200 g/mol. The van der Waals surface area contributed by atoms with Crippen LogP contribution in [0.1, 0.15) is 27.2 Å². The number of nitro groups is 1. The summed E-state index contributed by atoms with van der Waals surface area (Å²) in [6.45, 7) is 6.42. The summed E-state index contributed by atoms with van der Waals surface area (Å²) in [6, 6.07) is 0.0935. The summed E-state index contributed by atoms with van der Waals surface area (Å²) >= 11 is 0. The van der Waals surface area contributed by atoms with Gasteiger partial charge in [0.2, 0.25) is 0 Å².